The molecule has 0 unspecified atom stereocenters. The molecule has 1 aromatic carbocycles. The van der Waals surface area contributed by atoms with Crippen molar-refractivity contribution in [3.05, 3.63) is 18.2 Å². The number of thioether (sulfide) groups is 1. The number of aromatic nitrogens is 2. The fourth-order valence-electron chi connectivity index (χ4n) is 4.27. The Kier molecular flexibility index (Phi) is 7.44. The minimum absolute atomic E-state index is 0.0476. The Hall–Kier alpha value is -1.62. The van der Waals surface area contributed by atoms with E-state index in [-0.39, 0.29) is 22.2 Å². The third-order valence-corrected chi connectivity index (χ3v) is 9.12. The number of hydrogen-bond acceptors (Lipinski definition) is 6. The zero-order valence-corrected chi connectivity index (χ0v) is 20.4. The summed E-state index contributed by atoms with van der Waals surface area (Å²) in [6.45, 7) is 7.01. The second kappa shape index (κ2) is 10.1. The summed E-state index contributed by atoms with van der Waals surface area (Å²) in [5, 5.41) is 3.37. The highest BCUT2D eigenvalue weighted by Crippen LogP contribution is 2.30. The predicted octanol–water partition coefficient (Wildman–Crippen LogP) is 3.01. The van der Waals surface area contributed by atoms with Crippen LogP contribution in [0.3, 0.4) is 0 Å². The molecule has 3 heterocycles. The number of benzene rings is 1. The van der Waals surface area contributed by atoms with Gasteiger partial charge in [0, 0.05) is 32.8 Å². The number of aryl methyl sites for hydroxylation is 1. The molecule has 2 saturated heterocycles. The average Bonchev–Trinajstić information content (AvgIpc) is 3.44. The normalized spacial score (nSPS) is 21.1. The number of hydrogen-bond donors (Lipinski definition) is 1. The van der Waals surface area contributed by atoms with Crippen LogP contribution in [0.1, 0.15) is 46.0 Å². The molecule has 2 fully saturated rings. The summed E-state index contributed by atoms with van der Waals surface area (Å²) in [7, 11) is -3.51. The highest BCUT2D eigenvalue weighted by atomic mass is 32.2. The van der Waals surface area contributed by atoms with E-state index in [9.17, 15) is 13.2 Å². The maximum atomic E-state index is 13.1. The third kappa shape index (κ3) is 4.98. The molecule has 0 aliphatic carbocycles. The van der Waals surface area contributed by atoms with E-state index in [0.717, 1.165) is 49.4 Å². The Morgan fingerprint density at radius 3 is 2.75 bits per heavy atom. The summed E-state index contributed by atoms with van der Waals surface area (Å²) in [6.07, 6.45) is 5.01. The van der Waals surface area contributed by atoms with Crippen molar-refractivity contribution in [2.24, 2.45) is 0 Å². The molecule has 1 N–H and O–H groups in total. The highest BCUT2D eigenvalue weighted by Gasteiger charge is 2.27. The SMILES string of the molecule is CCn1c(S[C@H](C)C(=O)NC[C@H]2CCCO2)nc2cc(S(=O)(=O)N3CCCCC3)ccc21. The fourth-order valence-corrected chi connectivity index (χ4v) is 6.82. The Labute approximate surface area is 194 Å². The molecule has 10 heteroatoms. The first kappa shape index (κ1) is 23.5. The van der Waals surface area contributed by atoms with Crippen LogP contribution in [0.15, 0.2) is 28.3 Å². The van der Waals surface area contributed by atoms with E-state index in [2.05, 4.69) is 5.32 Å². The fraction of sp³-hybridized carbons (Fsp3) is 0.636. The van der Waals surface area contributed by atoms with Crippen molar-refractivity contribution in [1.82, 2.24) is 19.2 Å². The van der Waals surface area contributed by atoms with Gasteiger partial charge < -0.3 is 14.6 Å². The molecule has 2 aliphatic heterocycles. The molecular formula is C22H32N4O4S2. The second-order valence-corrected chi connectivity index (χ2v) is 11.6. The number of imidazole rings is 1. The summed E-state index contributed by atoms with van der Waals surface area (Å²) in [4.78, 5) is 17.6. The predicted molar refractivity (Wildman–Crippen MR) is 125 cm³/mol. The first-order valence-corrected chi connectivity index (χ1v) is 13.8. The lowest BCUT2D eigenvalue weighted by atomic mass is 10.2. The van der Waals surface area contributed by atoms with Crippen molar-refractivity contribution in [1.29, 1.82) is 0 Å². The lowest BCUT2D eigenvalue weighted by Gasteiger charge is -2.25. The molecule has 1 aromatic heterocycles. The minimum Gasteiger partial charge on any atom is -0.376 e. The number of piperidine rings is 1. The van der Waals surface area contributed by atoms with E-state index in [4.69, 9.17) is 9.72 Å². The number of carbonyl (C=O) groups excluding carboxylic acids is 1. The number of ether oxygens (including phenoxy) is 1. The van der Waals surface area contributed by atoms with Crippen LogP contribution in [-0.4, -0.2) is 65.8 Å². The van der Waals surface area contributed by atoms with Gasteiger partial charge in [0.15, 0.2) is 5.16 Å². The molecule has 0 saturated carbocycles. The van der Waals surface area contributed by atoms with Gasteiger partial charge >= 0.3 is 0 Å². The van der Waals surface area contributed by atoms with Crippen LogP contribution in [0.5, 0.6) is 0 Å². The molecule has 2 aromatic rings. The first-order chi connectivity index (χ1) is 15.4. The van der Waals surface area contributed by atoms with Gasteiger partial charge in [-0.1, -0.05) is 18.2 Å². The van der Waals surface area contributed by atoms with Crippen molar-refractivity contribution < 1.29 is 17.9 Å². The van der Waals surface area contributed by atoms with E-state index < -0.39 is 10.0 Å². The number of sulfonamides is 1. The molecule has 2 aliphatic rings. The van der Waals surface area contributed by atoms with Gasteiger partial charge in [-0.25, -0.2) is 13.4 Å². The van der Waals surface area contributed by atoms with E-state index in [1.54, 1.807) is 16.4 Å². The maximum Gasteiger partial charge on any atom is 0.243 e. The largest absolute Gasteiger partial charge is 0.376 e. The van der Waals surface area contributed by atoms with Crippen molar-refractivity contribution in [2.75, 3.05) is 26.2 Å². The van der Waals surface area contributed by atoms with Gasteiger partial charge in [-0.3, -0.25) is 4.79 Å². The quantitative estimate of drug-likeness (QED) is 0.584. The van der Waals surface area contributed by atoms with Crippen LogP contribution >= 0.6 is 11.8 Å². The standard InChI is InChI=1S/C22H32N4O4S2/c1-3-26-20-10-9-18(32(28,29)25-11-5-4-6-12-25)14-19(20)24-22(26)31-16(2)21(27)23-15-17-8-7-13-30-17/h9-10,14,16-17H,3-8,11-13,15H2,1-2H3,(H,23,27)/t16-,17-/m1/s1. The van der Waals surface area contributed by atoms with E-state index >= 15 is 0 Å². The van der Waals surface area contributed by atoms with Gasteiger partial charge in [-0.05, 0) is 57.7 Å². The molecule has 1 amide bonds. The molecule has 2 atom stereocenters. The van der Waals surface area contributed by atoms with Crippen molar-refractivity contribution in [2.45, 2.75) is 73.9 Å². The van der Waals surface area contributed by atoms with Crippen molar-refractivity contribution in [3.63, 3.8) is 0 Å². The zero-order chi connectivity index (χ0) is 22.7. The Morgan fingerprint density at radius 1 is 1.28 bits per heavy atom. The zero-order valence-electron chi connectivity index (χ0n) is 18.7. The van der Waals surface area contributed by atoms with Crippen LogP contribution in [0.2, 0.25) is 0 Å². The number of amides is 1. The maximum absolute atomic E-state index is 13.1. The highest BCUT2D eigenvalue weighted by molar-refractivity contribution is 8.00. The van der Waals surface area contributed by atoms with Gasteiger partial charge in [0.2, 0.25) is 15.9 Å². The Balaban J connectivity index is 1.51. The van der Waals surface area contributed by atoms with Crippen LogP contribution in [-0.2, 0) is 26.1 Å². The molecular weight excluding hydrogens is 448 g/mol. The van der Waals surface area contributed by atoms with Crippen molar-refractivity contribution >= 4 is 38.7 Å². The lowest BCUT2D eigenvalue weighted by molar-refractivity contribution is -0.120. The van der Waals surface area contributed by atoms with Crippen LogP contribution < -0.4 is 5.32 Å². The first-order valence-electron chi connectivity index (χ1n) is 11.5. The van der Waals surface area contributed by atoms with E-state index in [1.165, 1.54) is 11.8 Å². The van der Waals surface area contributed by atoms with Crippen LogP contribution in [0.4, 0.5) is 0 Å². The third-order valence-electron chi connectivity index (χ3n) is 6.13. The van der Waals surface area contributed by atoms with Gasteiger partial charge in [0.05, 0.1) is 27.3 Å². The molecule has 8 nitrogen and oxygen atoms in total. The monoisotopic (exact) mass is 480 g/mol. The Morgan fingerprint density at radius 2 is 2.06 bits per heavy atom. The van der Waals surface area contributed by atoms with Gasteiger partial charge in [-0.15, -0.1) is 0 Å². The summed E-state index contributed by atoms with van der Waals surface area (Å²) in [5.41, 5.74) is 1.51. The second-order valence-electron chi connectivity index (χ2n) is 8.39. The molecule has 0 radical (unpaired) electrons. The van der Waals surface area contributed by atoms with E-state index in [0.29, 0.717) is 31.7 Å². The number of nitrogens with zero attached hydrogens (tertiary/aromatic N) is 3. The van der Waals surface area contributed by atoms with Crippen LogP contribution in [0.25, 0.3) is 11.0 Å². The topological polar surface area (TPSA) is 93.5 Å². The number of fused-ring (bicyclic) bond motifs is 1. The summed E-state index contributed by atoms with van der Waals surface area (Å²) in [5.74, 6) is -0.0476. The minimum atomic E-state index is -3.51. The number of carbonyl (C=O) groups is 1. The lowest BCUT2D eigenvalue weighted by Crippen LogP contribution is -2.36. The summed E-state index contributed by atoms with van der Waals surface area (Å²) in [6, 6.07) is 5.17. The molecule has 0 bridgehead atoms. The summed E-state index contributed by atoms with van der Waals surface area (Å²) < 4.78 is 35.3. The molecule has 176 valence electrons. The molecule has 0 spiro atoms. The molecule has 4 rings (SSSR count). The van der Waals surface area contributed by atoms with Crippen LogP contribution in [0, 0.1) is 0 Å². The summed E-state index contributed by atoms with van der Waals surface area (Å²) >= 11 is 1.39. The number of nitrogens with one attached hydrogen (secondary N) is 1. The Bertz CT molecular complexity index is 1060. The van der Waals surface area contributed by atoms with Gasteiger partial charge in [0.25, 0.3) is 0 Å². The van der Waals surface area contributed by atoms with Gasteiger partial charge in [-0.2, -0.15) is 4.31 Å². The average molecular weight is 481 g/mol. The van der Waals surface area contributed by atoms with E-state index in [1.807, 2.05) is 24.5 Å². The number of rotatable bonds is 8. The smallest absolute Gasteiger partial charge is 0.243 e. The molecule has 32 heavy (non-hydrogen) atoms. The van der Waals surface area contributed by atoms with Gasteiger partial charge in [0.1, 0.15) is 0 Å². The van der Waals surface area contributed by atoms with Crippen molar-refractivity contribution in [3.8, 4) is 0 Å².